The van der Waals surface area contributed by atoms with Crippen LogP contribution in [0.25, 0.3) is 22.1 Å². The van der Waals surface area contributed by atoms with Crippen molar-refractivity contribution in [3.05, 3.63) is 54.5 Å². The van der Waals surface area contributed by atoms with E-state index in [1.807, 2.05) is 55.3 Å². The third kappa shape index (κ3) is 6.53. The van der Waals surface area contributed by atoms with Gasteiger partial charge in [-0.3, -0.25) is 9.69 Å². The molecule has 1 amide bonds. The number of piperazine rings is 1. The lowest BCUT2D eigenvalue weighted by atomic mass is 10.2. The Morgan fingerprint density at radius 3 is 2.65 bits per heavy atom. The lowest BCUT2D eigenvalue weighted by molar-refractivity contribution is -0.131. The fraction of sp³-hybridized carbons (Fsp3) is 0.406. The first kappa shape index (κ1) is 29.7. The molecule has 0 saturated carbocycles. The molecule has 0 bridgehead atoms. The zero-order chi connectivity index (χ0) is 31.5. The van der Waals surface area contributed by atoms with Crippen molar-refractivity contribution in [2.75, 3.05) is 69.2 Å². The van der Waals surface area contributed by atoms with Crippen LogP contribution in [0.2, 0.25) is 0 Å². The molecule has 3 aromatic heterocycles. The molecule has 46 heavy (non-hydrogen) atoms. The van der Waals surface area contributed by atoms with Crippen molar-refractivity contribution in [3.63, 3.8) is 0 Å². The molecule has 14 heteroatoms. The van der Waals surface area contributed by atoms with Gasteiger partial charge in [0.1, 0.15) is 34.4 Å². The van der Waals surface area contributed by atoms with Crippen molar-refractivity contribution in [2.45, 2.75) is 19.8 Å². The molecule has 0 unspecified atom stereocenters. The van der Waals surface area contributed by atoms with Gasteiger partial charge in [-0.25, -0.2) is 24.6 Å². The second kappa shape index (κ2) is 13.2. The number of nitrogens with zero attached hydrogens (tertiary/aromatic N) is 10. The van der Waals surface area contributed by atoms with Gasteiger partial charge in [-0.1, -0.05) is 5.21 Å². The Bertz CT molecular complexity index is 1850. The summed E-state index contributed by atoms with van der Waals surface area (Å²) >= 11 is 0. The largest absolute Gasteiger partial charge is 0.457 e. The van der Waals surface area contributed by atoms with Gasteiger partial charge in [-0.2, -0.15) is 0 Å². The summed E-state index contributed by atoms with van der Waals surface area (Å²) in [6.45, 7) is 9.03. The average molecular weight is 624 g/mol. The van der Waals surface area contributed by atoms with Crippen LogP contribution in [-0.2, 0) is 16.6 Å². The van der Waals surface area contributed by atoms with Crippen molar-refractivity contribution < 1.29 is 14.3 Å². The van der Waals surface area contributed by atoms with Gasteiger partial charge in [-0.05, 0) is 55.8 Å². The van der Waals surface area contributed by atoms with E-state index in [1.54, 1.807) is 10.9 Å². The number of fused-ring (bicyclic) bond motifs is 2. The minimum atomic E-state index is 0.213. The molecule has 2 aliphatic heterocycles. The SMILES string of the molecule is Cc1cc(Nc2ncnc3cnc(N4CCN(C(=O)CCCN5CCOCC5)CC4)nc23)ccc1Oc1ccc2c(c1)nnn2C. The minimum Gasteiger partial charge on any atom is -0.457 e. The molecule has 2 saturated heterocycles. The van der Waals surface area contributed by atoms with E-state index >= 15 is 0 Å². The summed E-state index contributed by atoms with van der Waals surface area (Å²) in [4.78, 5) is 37.6. The molecule has 0 radical (unpaired) electrons. The molecule has 5 aromatic rings. The van der Waals surface area contributed by atoms with E-state index in [4.69, 9.17) is 14.5 Å². The molecular formula is C32H37N11O3. The summed E-state index contributed by atoms with van der Waals surface area (Å²) < 4.78 is 13.3. The summed E-state index contributed by atoms with van der Waals surface area (Å²) in [7, 11) is 1.86. The number of anilines is 3. The molecule has 14 nitrogen and oxygen atoms in total. The quantitative estimate of drug-likeness (QED) is 0.258. The van der Waals surface area contributed by atoms with E-state index < -0.39 is 0 Å². The number of rotatable bonds is 9. The molecule has 0 atom stereocenters. The maximum Gasteiger partial charge on any atom is 0.226 e. The zero-order valence-corrected chi connectivity index (χ0v) is 26.1. The molecule has 1 N–H and O–H groups in total. The Balaban J connectivity index is 0.983. The van der Waals surface area contributed by atoms with Crippen LogP contribution in [-0.4, -0.2) is 110 Å². The van der Waals surface area contributed by atoms with Gasteiger partial charge in [0.2, 0.25) is 11.9 Å². The van der Waals surface area contributed by atoms with E-state index in [2.05, 4.69) is 40.4 Å². The normalized spacial score (nSPS) is 15.9. The second-order valence-corrected chi connectivity index (χ2v) is 11.6. The Morgan fingerprint density at radius 1 is 0.978 bits per heavy atom. The van der Waals surface area contributed by atoms with Gasteiger partial charge in [0.25, 0.3) is 0 Å². The predicted octanol–water partition coefficient (Wildman–Crippen LogP) is 3.31. The number of nitrogens with one attached hydrogen (secondary N) is 1. The number of hydrogen-bond acceptors (Lipinski definition) is 12. The van der Waals surface area contributed by atoms with E-state index in [0.29, 0.717) is 61.1 Å². The highest BCUT2D eigenvalue weighted by atomic mass is 16.5. The lowest BCUT2D eigenvalue weighted by Crippen LogP contribution is -2.49. The molecule has 0 aliphatic carbocycles. The summed E-state index contributed by atoms with van der Waals surface area (Å²) in [5.74, 6) is 2.83. The van der Waals surface area contributed by atoms with Crippen LogP contribution in [0, 0.1) is 6.92 Å². The highest BCUT2D eigenvalue weighted by Crippen LogP contribution is 2.31. The Kier molecular flexibility index (Phi) is 8.53. The summed E-state index contributed by atoms with van der Waals surface area (Å²) in [6, 6.07) is 11.6. The number of aryl methyl sites for hydroxylation is 2. The summed E-state index contributed by atoms with van der Waals surface area (Å²) in [5, 5.41) is 11.6. The summed E-state index contributed by atoms with van der Waals surface area (Å²) in [5.41, 5.74) is 4.78. The first-order valence-electron chi connectivity index (χ1n) is 15.7. The molecule has 7 rings (SSSR count). The first-order chi connectivity index (χ1) is 22.5. The van der Waals surface area contributed by atoms with Crippen LogP contribution >= 0.6 is 0 Å². The molecule has 238 valence electrons. The van der Waals surface area contributed by atoms with Crippen molar-refractivity contribution in [2.24, 2.45) is 7.05 Å². The molecule has 2 fully saturated rings. The van der Waals surface area contributed by atoms with Gasteiger partial charge in [0.05, 0.1) is 24.9 Å². The third-order valence-corrected chi connectivity index (χ3v) is 8.50. The van der Waals surface area contributed by atoms with Gasteiger partial charge in [0, 0.05) is 64.5 Å². The van der Waals surface area contributed by atoms with Gasteiger partial charge in [0.15, 0.2) is 5.82 Å². The van der Waals surface area contributed by atoms with Crippen molar-refractivity contribution in [1.29, 1.82) is 0 Å². The number of benzene rings is 2. The highest BCUT2D eigenvalue weighted by molar-refractivity contribution is 5.87. The number of ether oxygens (including phenoxy) is 2. The fourth-order valence-electron chi connectivity index (χ4n) is 5.87. The number of aromatic nitrogens is 7. The van der Waals surface area contributed by atoms with Gasteiger partial charge >= 0.3 is 0 Å². The standard InChI is InChI=1S/C32H37N11O3/c1-22-18-23(5-8-28(22)46-24-6-7-27-25(19-24)38-39-40(27)2)36-31-30-26(34-21-35-31)20-33-32(37-30)43-12-10-42(11-13-43)29(44)4-3-9-41-14-16-45-17-15-41/h5-8,18-21H,3-4,9-17H2,1-2H3,(H,34,35,36). The Labute approximate surface area is 266 Å². The topological polar surface area (TPSA) is 140 Å². The van der Waals surface area contributed by atoms with E-state index in [-0.39, 0.29) is 5.91 Å². The van der Waals surface area contributed by atoms with E-state index in [9.17, 15) is 4.79 Å². The van der Waals surface area contributed by atoms with E-state index in [1.165, 1.54) is 6.33 Å². The predicted molar refractivity (Wildman–Crippen MR) is 173 cm³/mol. The van der Waals surface area contributed by atoms with Crippen molar-refractivity contribution >= 4 is 45.4 Å². The van der Waals surface area contributed by atoms with Crippen LogP contribution in [0.4, 0.5) is 17.5 Å². The number of morpholine rings is 1. The third-order valence-electron chi connectivity index (χ3n) is 8.50. The van der Waals surface area contributed by atoms with Crippen LogP contribution in [0.15, 0.2) is 48.9 Å². The molecule has 0 spiro atoms. The van der Waals surface area contributed by atoms with Gasteiger partial charge in [-0.15, -0.1) is 5.10 Å². The average Bonchev–Trinajstić information content (AvgIpc) is 3.46. The lowest BCUT2D eigenvalue weighted by Gasteiger charge is -2.35. The van der Waals surface area contributed by atoms with Crippen LogP contribution in [0.3, 0.4) is 0 Å². The Morgan fingerprint density at radius 2 is 1.83 bits per heavy atom. The second-order valence-electron chi connectivity index (χ2n) is 11.6. The van der Waals surface area contributed by atoms with Crippen LogP contribution in [0.5, 0.6) is 11.5 Å². The highest BCUT2D eigenvalue weighted by Gasteiger charge is 2.23. The molecule has 2 aromatic carbocycles. The van der Waals surface area contributed by atoms with Crippen molar-refractivity contribution in [1.82, 2.24) is 44.7 Å². The number of amides is 1. The van der Waals surface area contributed by atoms with Crippen LogP contribution in [0.1, 0.15) is 18.4 Å². The smallest absolute Gasteiger partial charge is 0.226 e. The molecule has 5 heterocycles. The summed E-state index contributed by atoms with van der Waals surface area (Å²) in [6.07, 6.45) is 4.67. The zero-order valence-electron chi connectivity index (χ0n) is 26.1. The number of carbonyl (C=O) groups excluding carboxylic acids is 1. The molecular weight excluding hydrogens is 586 g/mol. The maximum atomic E-state index is 12.9. The Hall–Kier alpha value is -4.95. The maximum absolute atomic E-state index is 12.9. The van der Waals surface area contributed by atoms with Crippen molar-refractivity contribution in [3.8, 4) is 11.5 Å². The number of carbonyl (C=O) groups is 1. The fourth-order valence-corrected chi connectivity index (χ4v) is 5.87. The minimum absolute atomic E-state index is 0.213. The first-order valence-corrected chi connectivity index (χ1v) is 15.7. The van der Waals surface area contributed by atoms with E-state index in [0.717, 1.165) is 67.3 Å². The van der Waals surface area contributed by atoms with Gasteiger partial charge < -0.3 is 24.6 Å². The number of hydrogen-bond donors (Lipinski definition) is 1. The molecule has 2 aliphatic rings. The van der Waals surface area contributed by atoms with Crippen LogP contribution < -0.4 is 15.0 Å². The monoisotopic (exact) mass is 623 g/mol.